The van der Waals surface area contributed by atoms with Crippen LogP contribution in [0.15, 0.2) is 46.9 Å². The normalized spacial score (nSPS) is 13.6. The first kappa shape index (κ1) is 12.4. The highest BCUT2D eigenvalue weighted by atomic mass is 16.5. The van der Waals surface area contributed by atoms with E-state index in [2.05, 4.69) is 0 Å². The highest BCUT2D eigenvalue weighted by molar-refractivity contribution is 6.09. The summed E-state index contributed by atoms with van der Waals surface area (Å²) in [5.41, 5.74) is 4.72. The Morgan fingerprint density at radius 3 is 2.76 bits per heavy atom. The summed E-state index contributed by atoms with van der Waals surface area (Å²) in [4.78, 5) is 12.6. The number of hydrogen-bond acceptors (Lipinski definition) is 3. The zero-order chi connectivity index (χ0) is 14.4. The van der Waals surface area contributed by atoms with Gasteiger partial charge in [-0.1, -0.05) is 30.3 Å². The molecule has 104 valence electrons. The smallest absolute Gasteiger partial charge is 0.228 e. The summed E-state index contributed by atoms with van der Waals surface area (Å²) in [6.45, 7) is 3.19. The summed E-state index contributed by atoms with van der Waals surface area (Å²) >= 11 is 0. The lowest BCUT2D eigenvalue weighted by Crippen LogP contribution is -2.00. The number of ether oxygens (including phenoxy) is 1. The van der Waals surface area contributed by atoms with E-state index < -0.39 is 0 Å². The van der Waals surface area contributed by atoms with Crippen LogP contribution in [-0.4, -0.2) is 5.78 Å². The molecular weight excluding hydrogens is 264 g/mol. The van der Waals surface area contributed by atoms with E-state index >= 15 is 0 Å². The minimum Gasteiger partial charge on any atom is -0.452 e. The zero-order valence-electron chi connectivity index (χ0n) is 11.7. The molecule has 4 rings (SSSR count). The summed E-state index contributed by atoms with van der Waals surface area (Å²) in [5, 5.41) is 0.961. The van der Waals surface area contributed by atoms with Crippen molar-refractivity contribution in [1.29, 1.82) is 0 Å². The fourth-order valence-electron chi connectivity index (χ4n) is 2.78. The molecule has 2 aromatic carbocycles. The predicted molar refractivity (Wildman–Crippen MR) is 79.3 cm³/mol. The summed E-state index contributed by atoms with van der Waals surface area (Å²) in [7, 11) is 0. The number of carbonyl (C=O) groups excluding carboxylic acids is 1. The Morgan fingerprint density at radius 1 is 1.05 bits per heavy atom. The third kappa shape index (κ3) is 1.98. The summed E-state index contributed by atoms with van der Waals surface area (Å²) in [6.07, 6.45) is 0. The van der Waals surface area contributed by atoms with E-state index in [4.69, 9.17) is 9.15 Å². The molecule has 1 aliphatic rings. The summed E-state index contributed by atoms with van der Waals surface area (Å²) in [6, 6.07) is 13.4. The molecule has 0 unspecified atom stereocenters. The molecule has 3 aromatic rings. The SMILES string of the molecule is Cc1cccc2cc(C(=O)c3ccc4c(c3)COC4)oc12. The van der Waals surface area contributed by atoms with Crippen molar-refractivity contribution < 1.29 is 13.9 Å². The second kappa shape index (κ2) is 4.57. The molecule has 0 saturated carbocycles. The Morgan fingerprint density at radius 2 is 1.90 bits per heavy atom. The molecule has 21 heavy (non-hydrogen) atoms. The molecule has 0 saturated heterocycles. The van der Waals surface area contributed by atoms with Gasteiger partial charge in [0.1, 0.15) is 5.58 Å². The molecule has 2 heterocycles. The Bertz CT molecular complexity index is 858. The molecular formula is C18H14O3. The molecule has 0 atom stereocenters. The number of aryl methyl sites for hydroxylation is 1. The van der Waals surface area contributed by atoms with Gasteiger partial charge in [-0.15, -0.1) is 0 Å². The van der Waals surface area contributed by atoms with Gasteiger partial charge in [0.05, 0.1) is 13.2 Å². The van der Waals surface area contributed by atoms with Crippen LogP contribution in [0.1, 0.15) is 32.8 Å². The molecule has 0 radical (unpaired) electrons. The van der Waals surface area contributed by atoms with Crippen LogP contribution in [0.2, 0.25) is 0 Å². The fourth-order valence-corrected chi connectivity index (χ4v) is 2.78. The molecule has 0 N–H and O–H groups in total. The first-order valence-electron chi connectivity index (χ1n) is 6.96. The van der Waals surface area contributed by atoms with E-state index in [0.29, 0.717) is 24.5 Å². The van der Waals surface area contributed by atoms with Crippen LogP contribution in [0, 0.1) is 6.92 Å². The monoisotopic (exact) mass is 278 g/mol. The van der Waals surface area contributed by atoms with Gasteiger partial charge in [-0.2, -0.15) is 0 Å². The van der Waals surface area contributed by atoms with Crippen LogP contribution < -0.4 is 0 Å². The number of ketones is 1. The van der Waals surface area contributed by atoms with Gasteiger partial charge < -0.3 is 9.15 Å². The lowest BCUT2D eigenvalue weighted by atomic mass is 10.0. The van der Waals surface area contributed by atoms with Crippen molar-refractivity contribution >= 4 is 16.8 Å². The first-order chi connectivity index (χ1) is 10.2. The van der Waals surface area contributed by atoms with Crippen molar-refractivity contribution in [3.8, 4) is 0 Å². The molecule has 0 bridgehead atoms. The fraction of sp³-hybridized carbons (Fsp3) is 0.167. The van der Waals surface area contributed by atoms with Crippen molar-refractivity contribution in [3.63, 3.8) is 0 Å². The van der Waals surface area contributed by atoms with Crippen LogP contribution in [0.25, 0.3) is 11.0 Å². The van der Waals surface area contributed by atoms with Gasteiger partial charge in [-0.05, 0) is 35.7 Å². The number of para-hydroxylation sites is 1. The van der Waals surface area contributed by atoms with Crippen molar-refractivity contribution in [1.82, 2.24) is 0 Å². The van der Waals surface area contributed by atoms with Crippen LogP contribution in [0.5, 0.6) is 0 Å². The number of hydrogen-bond donors (Lipinski definition) is 0. The highest BCUT2D eigenvalue weighted by Crippen LogP contribution is 2.26. The molecule has 0 amide bonds. The van der Waals surface area contributed by atoms with E-state index in [-0.39, 0.29) is 5.78 Å². The molecule has 1 aromatic heterocycles. The van der Waals surface area contributed by atoms with Gasteiger partial charge in [0.2, 0.25) is 5.78 Å². The quantitative estimate of drug-likeness (QED) is 0.665. The summed E-state index contributed by atoms with van der Waals surface area (Å²) < 4.78 is 11.1. The number of fused-ring (bicyclic) bond motifs is 2. The number of carbonyl (C=O) groups is 1. The topological polar surface area (TPSA) is 39.4 Å². The van der Waals surface area contributed by atoms with Crippen LogP contribution in [0.3, 0.4) is 0 Å². The first-order valence-corrected chi connectivity index (χ1v) is 6.96. The molecule has 3 nitrogen and oxygen atoms in total. The maximum absolute atomic E-state index is 12.6. The lowest BCUT2D eigenvalue weighted by Gasteiger charge is -2.01. The number of benzene rings is 2. The molecule has 0 aliphatic carbocycles. The average Bonchev–Trinajstić information content (AvgIpc) is 3.12. The molecule has 0 spiro atoms. The van der Waals surface area contributed by atoms with Gasteiger partial charge in [-0.3, -0.25) is 4.79 Å². The van der Waals surface area contributed by atoms with Crippen LogP contribution in [-0.2, 0) is 18.0 Å². The summed E-state index contributed by atoms with van der Waals surface area (Å²) in [5.74, 6) is 0.304. The zero-order valence-corrected chi connectivity index (χ0v) is 11.7. The molecule has 3 heteroatoms. The van der Waals surface area contributed by atoms with E-state index in [1.54, 1.807) is 0 Å². The van der Waals surface area contributed by atoms with Crippen molar-refractivity contribution in [2.24, 2.45) is 0 Å². The van der Waals surface area contributed by atoms with Gasteiger partial charge in [0, 0.05) is 10.9 Å². The lowest BCUT2D eigenvalue weighted by molar-refractivity contribution is 0.101. The molecule has 0 fully saturated rings. The molecule has 1 aliphatic heterocycles. The van der Waals surface area contributed by atoms with E-state index in [1.165, 1.54) is 0 Å². The van der Waals surface area contributed by atoms with Crippen molar-refractivity contribution in [2.45, 2.75) is 20.1 Å². The van der Waals surface area contributed by atoms with E-state index in [1.807, 2.05) is 49.4 Å². The van der Waals surface area contributed by atoms with Gasteiger partial charge in [0.25, 0.3) is 0 Å². The maximum Gasteiger partial charge on any atom is 0.228 e. The average molecular weight is 278 g/mol. The van der Waals surface area contributed by atoms with Crippen LogP contribution >= 0.6 is 0 Å². The van der Waals surface area contributed by atoms with Gasteiger partial charge >= 0.3 is 0 Å². The van der Waals surface area contributed by atoms with E-state index in [0.717, 1.165) is 27.7 Å². The van der Waals surface area contributed by atoms with Gasteiger partial charge in [0.15, 0.2) is 5.76 Å². The number of rotatable bonds is 2. The predicted octanol–water partition coefficient (Wildman–Crippen LogP) is 4.00. The number of furan rings is 1. The standard InChI is InChI=1S/C18H14O3/c1-11-3-2-4-13-8-16(21-18(11)13)17(19)12-5-6-14-9-20-10-15(14)7-12/h2-8H,9-10H2,1H3. The largest absolute Gasteiger partial charge is 0.452 e. The van der Waals surface area contributed by atoms with Crippen molar-refractivity contribution in [2.75, 3.05) is 0 Å². The van der Waals surface area contributed by atoms with Crippen LogP contribution in [0.4, 0.5) is 0 Å². The Balaban J connectivity index is 1.77. The minimum atomic E-state index is -0.0831. The Kier molecular flexibility index (Phi) is 2.69. The third-order valence-corrected chi connectivity index (χ3v) is 3.95. The van der Waals surface area contributed by atoms with Gasteiger partial charge in [-0.25, -0.2) is 0 Å². The van der Waals surface area contributed by atoms with Crippen molar-refractivity contribution in [3.05, 3.63) is 70.5 Å². The highest BCUT2D eigenvalue weighted by Gasteiger charge is 2.18. The minimum absolute atomic E-state index is 0.0831. The second-order valence-electron chi connectivity index (χ2n) is 5.41. The Labute approximate surface area is 122 Å². The second-order valence-corrected chi connectivity index (χ2v) is 5.41. The third-order valence-electron chi connectivity index (χ3n) is 3.95. The Hall–Kier alpha value is -2.39. The van der Waals surface area contributed by atoms with E-state index in [9.17, 15) is 4.79 Å². The maximum atomic E-state index is 12.6.